The summed E-state index contributed by atoms with van der Waals surface area (Å²) < 4.78 is 0. The van der Waals surface area contributed by atoms with E-state index in [0.717, 1.165) is 24.3 Å². The van der Waals surface area contributed by atoms with E-state index in [4.69, 9.17) is 0 Å². The fourth-order valence-corrected chi connectivity index (χ4v) is 2.63. The van der Waals surface area contributed by atoms with E-state index in [-0.39, 0.29) is 11.2 Å². The number of nitrogens with one attached hydrogen (secondary N) is 1. The number of aliphatic hydroxyl groups is 1. The van der Waals surface area contributed by atoms with E-state index in [1.807, 2.05) is 24.3 Å². The van der Waals surface area contributed by atoms with Gasteiger partial charge in [0.15, 0.2) is 6.17 Å². The van der Waals surface area contributed by atoms with Gasteiger partial charge in [-0.15, -0.1) is 0 Å². The number of hydroxylamine groups is 1. The highest BCUT2D eigenvalue weighted by molar-refractivity contribution is 5.40. The summed E-state index contributed by atoms with van der Waals surface area (Å²) in [5.41, 5.74) is 1.88. The van der Waals surface area contributed by atoms with Crippen LogP contribution >= 0.6 is 0 Å². The van der Waals surface area contributed by atoms with Crippen molar-refractivity contribution >= 4 is 5.69 Å². The fraction of sp³-hybridized carbons (Fsp3) is 0.455. The molecule has 0 spiro atoms. The van der Waals surface area contributed by atoms with Crippen molar-refractivity contribution in [2.24, 2.45) is 0 Å². The van der Waals surface area contributed by atoms with Crippen LogP contribution < -0.4 is 5.06 Å². The molecule has 2 N–H and O–H groups in total. The van der Waals surface area contributed by atoms with Crippen LogP contribution in [-0.2, 0) is 6.54 Å². The third-order valence-electron chi connectivity index (χ3n) is 3.39. The molecule has 0 radical (unpaired) electrons. The number of hydrogen-bond acceptors (Lipinski definition) is 3. The van der Waals surface area contributed by atoms with E-state index < -0.39 is 6.10 Å². The van der Waals surface area contributed by atoms with Gasteiger partial charge in [-0.1, -0.05) is 18.2 Å². The van der Waals surface area contributed by atoms with Gasteiger partial charge in [0.05, 0.1) is 0 Å². The first kappa shape index (κ1) is 9.30. The Kier molecular flexibility index (Phi) is 2.03. The number of hydrogen-bond donors (Lipinski definition) is 2. The SMILES string of the molecule is [O-][NH+]1c2ccccc2CN2CCC(O)C21. The van der Waals surface area contributed by atoms with Crippen molar-refractivity contribution in [3.8, 4) is 0 Å². The van der Waals surface area contributed by atoms with Crippen molar-refractivity contribution in [2.45, 2.75) is 25.2 Å². The third kappa shape index (κ3) is 1.30. The van der Waals surface area contributed by atoms with E-state index in [1.165, 1.54) is 0 Å². The number of benzene rings is 1. The second kappa shape index (κ2) is 3.28. The zero-order valence-corrected chi connectivity index (χ0v) is 8.39. The molecule has 2 aliphatic heterocycles. The van der Waals surface area contributed by atoms with Crippen LogP contribution in [-0.4, -0.2) is 28.8 Å². The maximum Gasteiger partial charge on any atom is 0.175 e. The van der Waals surface area contributed by atoms with Crippen molar-refractivity contribution in [1.82, 2.24) is 4.90 Å². The van der Waals surface area contributed by atoms with Gasteiger partial charge in [0.25, 0.3) is 0 Å². The van der Waals surface area contributed by atoms with Crippen LogP contribution in [0, 0.1) is 5.21 Å². The Morgan fingerprint density at radius 1 is 1.40 bits per heavy atom. The predicted octanol–water partition coefficient (Wildman–Crippen LogP) is -0.393. The lowest BCUT2D eigenvalue weighted by atomic mass is 10.1. The molecular formula is C11H14N2O2. The molecule has 0 amide bonds. The second-order valence-electron chi connectivity index (χ2n) is 4.29. The summed E-state index contributed by atoms with van der Waals surface area (Å²) in [6.45, 7) is 1.62. The topological polar surface area (TPSA) is 51.0 Å². The van der Waals surface area contributed by atoms with Crippen LogP contribution in [0.15, 0.2) is 24.3 Å². The summed E-state index contributed by atoms with van der Waals surface area (Å²) in [5, 5.41) is 21.9. The number of para-hydroxylation sites is 1. The molecule has 1 saturated heterocycles. The summed E-state index contributed by atoms with van der Waals surface area (Å²) in [6.07, 6.45) is -0.0598. The molecule has 4 nitrogen and oxygen atoms in total. The summed E-state index contributed by atoms with van der Waals surface area (Å²) in [6, 6.07) is 7.70. The Hall–Kier alpha value is -0.940. The van der Waals surface area contributed by atoms with Crippen molar-refractivity contribution in [2.75, 3.05) is 6.54 Å². The average molecular weight is 206 g/mol. The smallest absolute Gasteiger partial charge is 0.175 e. The molecular weight excluding hydrogens is 192 g/mol. The second-order valence-corrected chi connectivity index (χ2v) is 4.29. The molecule has 1 fully saturated rings. The Morgan fingerprint density at radius 2 is 2.20 bits per heavy atom. The molecule has 15 heavy (non-hydrogen) atoms. The average Bonchev–Trinajstić information content (AvgIpc) is 2.61. The van der Waals surface area contributed by atoms with Gasteiger partial charge in [-0.3, -0.25) is 0 Å². The number of fused-ring (bicyclic) bond motifs is 2. The van der Waals surface area contributed by atoms with Crippen LogP contribution in [0.25, 0.3) is 0 Å². The van der Waals surface area contributed by atoms with Crippen LogP contribution in [0.4, 0.5) is 5.69 Å². The Morgan fingerprint density at radius 3 is 3.07 bits per heavy atom. The standard InChI is InChI=1S/C11H14N2O2/c14-10-5-6-12-7-8-3-1-2-4-9(8)13(15)11(10)12/h1-4,10-11,13-14H,5-7H2. The molecule has 1 aromatic rings. The normalized spacial score (nSPS) is 34.9. The largest absolute Gasteiger partial charge is 0.628 e. The Balaban J connectivity index is 2.03. The van der Waals surface area contributed by atoms with Crippen LogP contribution in [0.5, 0.6) is 0 Å². The molecule has 3 unspecified atom stereocenters. The highest BCUT2D eigenvalue weighted by Crippen LogP contribution is 2.25. The van der Waals surface area contributed by atoms with E-state index in [2.05, 4.69) is 4.90 Å². The van der Waals surface area contributed by atoms with Crippen molar-refractivity contribution in [1.29, 1.82) is 0 Å². The molecule has 3 atom stereocenters. The zero-order valence-electron chi connectivity index (χ0n) is 8.39. The lowest BCUT2D eigenvalue weighted by Crippen LogP contribution is -3.10. The summed E-state index contributed by atoms with van der Waals surface area (Å²) in [7, 11) is 0. The summed E-state index contributed by atoms with van der Waals surface area (Å²) in [4.78, 5) is 2.08. The summed E-state index contributed by atoms with van der Waals surface area (Å²) >= 11 is 0. The monoisotopic (exact) mass is 206 g/mol. The zero-order chi connectivity index (χ0) is 10.4. The lowest BCUT2D eigenvalue weighted by Gasteiger charge is -2.40. The first-order valence-corrected chi connectivity index (χ1v) is 5.31. The highest BCUT2D eigenvalue weighted by Gasteiger charge is 2.42. The predicted molar refractivity (Wildman–Crippen MR) is 55.3 cm³/mol. The summed E-state index contributed by atoms with van der Waals surface area (Å²) in [5.74, 6) is 0. The first-order valence-electron chi connectivity index (χ1n) is 5.31. The molecule has 0 saturated carbocycles. The van der Waals surface area contributed by atoms with Crippen molar-refractivity contribution in [3.63, 3.8) is 0 Å². The molecule has 3 rings (SSSR count). The number of aliphatic hydroxyl groups excluding tert-OH is 1. The quantitative estimate of drug-likeness (QED) is 0.568. The molecule has 4 heteroatoms. The van der Waals surface area contributed by atoms with E-state index in [1.54, 1.807) is 0 Å². The van der Waals surface area contributed by atoms with Gasteiger partial charge < -0.3 is 15.4 Å². The minimum Gasteiger partial charge on any atom is -0.628 e. The lowest BCUT2D eigenvalue weighted by molar-refractivity contribution is -0.829. The van der Waals surface area contributed by atoms with Gasteiger partial charge in [0.1, 0.15) is 11.8 Å². The minimum absolute atomic E-state index is 0.0850. The van der Waals surface area contributed by atoms with Gasteiger partial charge in [0.2, 0.25) is 0 Å². The highest BCUT2D eigenvalue weighted by atomic mass is 16.5. The van der Waals surface area contributed by atoms with Crippen molar-refractivity contribution in [3.05, 3.63) is 35.0 Å². The van der Waals surface area contributed by atoms with Crippen molar-refractivity contribution < 1.29 is 10.2 Å². The fourth-order valence-electron chi connectivity index (χ4n) is 2.63. The number of nitrogens with zero attached hydrogens (tertiary/aromatic N) is 1. The molecule has 0 aromatic heterocycles. The molecule has 2 aliphatic rings. The molecule has 80 valence electrons. The van der Waals surface area contributed by atoms with Crippen LogP contribution in [0.2, 0.25) is 0 Å². The maximum absolute atomic E-state index is 12.1. The van der Waals surface area contributed by atoms with Gasteiger partial charge in [-0.25, -0.2) is 4.90 Å². The third-order valence-corrected chi connectivity index (χ3v) is 3.39. The molecule has 2 heterocycles. The van der Waals surface area contributed by atoms with E-state index >= 15 is 0 Å². The van der Waals surface area contributed by atoms with Gasteiger partial charge in [-0.05, 0) is 12.5 Å². The van der Waals surface area contributed by atoms with Crippen LogP contribution in [0.3, 0.4) is 0 Å². The Bertz CT molecular complexity index is 383. The van der Waals surface area contributed by atoms with Gasteiger partial charge in [0, 0.05) is 18.7 Å². The minimum atomic E-state index is -0.481. The van der Waals surface area contributed by atoms with E-state index in [9.17, 15) is 10.3 Å². The van der Waals surface area contributed by atoms with Gasteiger partial charge in [-0.2, -0.15) is 0 Å². The van der Waals surface area contributed by atoms with Gasteiger partial charge >= 0.3 is 0 Å². The molecule has 0 aliphatic carbocycles. The maximum atomic E-state index is 12.1. The van der Waals surface area contributed by atoms with E-state index in [0.29, 0.717) is 6.42 Å². The number of quaternary nitrogens is 1. The first-order chi connectivity index (χ1) is 7.27. The molecule has 1 aromatic carbocycles. The molecule has 0 bridgehead atoms. The Labute approximate surface area is 88.3 Å². The van der Waals surface area contributed by atoms with Crippen LogP contribution in [0.1, 0.15) is 12.0 Å². The number of rotatable bonds is 0.